The van der Waals surface area contributed by atoms with Gasteiger partial charge in [0.25, 0.3) is 0 Å². The van der Waals surface area contributed by atoms with Crippen molar-refractivity contribution < 1.29 is 18.3 Å². The molecular weight excluding hydrogens is 278 g/mol. The average molecular weight is 290 g/mol. The first-order chi connectivity index (χ1) is 9.52. The van der Waals surface area contributed by atoms with Crippen LogP contribution in [-0.4, -0.2) is 21.8 Å². The monoisotopic (exact) mass is 290 g/mol. The first kappa shape index (κ1) is 14.2. The molecule has 5 nitrogen and oxygen atoms in total. The standard InChI is InChI=1S/C14H13NO4S/c1-19-12-6-5-10(8-13(12)20(17)18)9-3-2-4-11(7-9)14(15)16/h2-8H,1H3,(H2,15,16)(H,17,18)/p-1. The van der Waals surface area contributed by atoms with Crippen LogP contribution in [0.2, 0.25) is 0 Å². The Hall–Kier alpha value is -2.18. The molecule has 2 aromatic carbocycles. The molecule has 0 aliphatic carbocycles. The van der Waals surface area contributed by atoms with E-state index in [0.717, 1.165) is 0 Å². The minimum absolute atomic E-state index is 0.0643. The molecule has 104 valence electrons. The van der Waals surface area contributed by atoms with Gasteiger partial charge in [0.1, 0.15) is 5.75 Å². The van der Waals surface area contributed by atoms with Gasteiger partial charge in [-0.3, -0.25) is 9.00 Å². The van der Waals surface area contributed by atoms with Gasteiger partial charge in [0.2, 0.25) is 5.91 Å². The van der Waals surface area contributed by atoms with Gasteiger partial charge in [0, 0.05) is 5.56 Å². The molecule has 0 saturated carbocycles. The Morgan fingerprint density at radius 3 is 2.50 bits per heavy atom. The number of methoxy groups -OCH3 is 1. The van der Waals surface area contributed by atoms with Crippen LogP contribution in [0.4, 0.5) is 0 Å². The van der Waals surface area contributed by atoms with Crippen LogP contribution in [0.1, 0.15) is 10.4 Å². The zero-order chi connectivity index (χ0) is 14.7. The van der Waals surface area contributed by atoms with Crippen molar-refractivity contribution in [2.45, 2.75) is 4.90 Å². The maximum absolute atomic E-state index is 11.2. The van der Waals surface area contributed by atoms with Crippen LogP contribution in [0.3, 0.4) is 0 Å². The summed E-state index contributed by atoms with van der Waals surface area (Å²) in [5, 5.41) is 0. The molecule has 0 aliphatic rings. The van der Waals surface area contributed by atoms with Crippen molar-refractivity contribution in [3.63, 3.8) is 0 Å². The highest BCUT2D eigenvalue weighted by atomic mass is 32.2. The van der Waals surface area contributed by atoms with E-state index in [1.807, 2.05) is 0 Å². The van der Waals surface area contributed by atoms with Crippen molar-refractivity contribution in [2.75, 3.05) is 7.11 Å². The van der Waals surface area contributed by atoms with Crippen molar-refractivity contribution in [3.05, 3.63) is 48.0 Å². The number of rotatable bonds is 4. The fourth-order valence-electron chi connectivity index (χ4n) is 1.84. The summed E-state index contributed by atoms with van der Waals surface area (Å²) in [7, 11) is 1.40. The van der Waals surface area contributed by atoms with Crippen molar-refractivity contribution in [2.24, 2.45) is 5.73 Å². The van der Waals surface area contributed by atoms with Crippen LogP contribution < -0.4 is 10.5 Å². The molecule has 1 atom stereocenters. The van der Waals surface area contributed by atoms with Crippen molar-refractivity contribution in [1.29, 1.82) is 0 Å². The van der Waals surface area contributed by atoms with Gasteiger partial charge in [0.05, 0.1) is 12.0 Å². The number of carbonyl (C=O) groups excluding carboxylic acids is 1. The molecule has 2 rings (SSSR count). The molecule has 20 heavy (non-hydrogen) atoms. The number of carbonyl (C=O) groups is 1. The van der Waals surface area contributed by atoms with Crippen molar-refractivity contribution >= 4 is 17.0 Å². The molecule has 2 aromatic rings. The van der Waals surface area contributed by atoms with Gasteiger partial charge in [-0.2, -0.15) is 0 Å². The molecule has 1 unspecified atom stereocenters. The van der Waals surface area contributed by atoms with Crippen LogP contribution in [0.25, 0.3) is 11.1 Å². The van der Waals surface area contributed by atoms with Crippen molar-refractivity contribution in [3.8, 4) is 16.9 Å². The van der Waals surface area contributed by atoms with Gasteiger partial charge in [-0.1, -0.05) is 18.2 Å². The number of ether oxygens (including phenoxy) is 1. The summed E-state index contributed by atoms with van der Waals surface area (Å²) in [6, 6.07) is 11.4. The molecule has 0 fully saturated rings. The highest BCUT2D eigenvalue weighted by Crippen LogP contribution is 2.28. The van der Waals surface area contributed by atoms with E-state index < -0.39 is 17.0 Å². The van der Waals surface area contributed by atoms with E-state index >= 15 is 0 Å². The Kier molecular flexibility index (Phi) is 4.16. The normalized spacial score (nSPS) is 11.9. The highest BCUT2D eigenvalue weighted by molar-refractivity contribution is 7.79. The third-order valence-corrected chi connectivity index (χ3v) is 3.50. The first-order valence-electron chi connectivity index (χ1n) is 5.70. The summed E-state index contributed by atoms with van der Waals surface area (Å²) in [5.41, 5.74) is 6.96. The maximum Gasteiger partial charge on any atom is 0.248 e. The quantitative estimate of drug-likeness (QED) is 0.867. The third kappa shape index (κ3) is 2.87. The fourth-order valence-corrected chi connectivity index (χ4v) is 2.38. The summed E-state index contributed by atoms with van der Waals surface area (Å²) in [4.78, 5) is 11.2. The Bertz CT molecular complexity index is 685. The minimum Gasteiger partial charge on any atom is -0.768 e. The Morgan fingerprint density at radius 1 is 1.20 bits per heavy atom. The summed E-state index contributed by atoms with van der Waals surface area (Å²) in [5.74, 6) is -0.263. The predicted octanol–water partition coefficient (Wildman–Crippen LogP) is 1.70. The minimum atomic E-state index is -2.41. The average Bonchev–Trinajstić information content (AvgIpc) is 2.46. The lowest BCUT2D eigenvalue weighted by Gasteiger charge is -2.13. The van der Waals surface area contributed by atoms with Crippen LogP contribution in [0, 0.1) is 0 Å². The molecule has 0 aromatic heterocycles. The topological polar surface area (TPSA) is 92.5 Å². The molecular formula is C14H12NO4S-. The second kappa shape index (κ2) is 5.85. The van der Waals surface area contributed by atoms with E-state index in [2.05, 4.69) is 0 Å². The second-order valence-corrected chi connectivity index (χ2v) is 4.95. The number of benzene rings is 2. The van der Waals surface area contributed by atoms with E-state index in [4.69, 9.17) is 10.5 Å². The van der Waals surface area contributed by atoms with Gasteiger partial charge in [-0.15, -0.1) is 0 Å². The molecule has 0 spiro atoms. The Morgan fingerprint density at radius 2 is 1.90 bits per heavy atom. The number of amides is 1. The van der Waals surface area contributed by atoms with Crippen LogP contribution in [-0.2, 0) is 11.1 Å². The van der Waals surface area contributed by atoms with Crippen LogP contribution >= 0.6 is 0 Å². The zero-order valence-corrected chi connectivity index (χ0v) is 11.5. The Balaban J connectivity index is 2.53. The third-order valence-electron chi connectivity index (χ3n) is 2.82. The molecule has 2 N–H and O–H groups in total. The van der Waals surface area contributed by atoms with Crippen LogP contribution in [0.5, 0.6) is 5.75 Å². The van der Waals surface area contributed by atoms with Gasteiger partial charge in [-0.05, 0) is 46.5 Å². The number of hydrogen-bond acceptors (Lipinski definition) is 4. The molecule has 6 heteroatoms. The number of nitrogens with two attached hydrogens (primary N) is 1. The molecule has 0 saturated heterocycles. The zero-order valence-electron chi connectivity index (χ0n) is 10.7. The summed E-state index contributed by atoms with van der Waals surface area (Å²) in [6.45, 7) is 0. The van der Waals surface area contributed by atoms with Crippen molar-refractivity contribution in [1.82, 2.24) is 0 Å². The molecule has 1 amide bonds. The summed E-state index contributed by atoms with van der Waals surface area (Å²) in [6.07, 6.45) is 0. The molecule has 0 bridgehead atoms. The number of primary amides is 1. The summed E-state index contributed by atoms with van der Waals surface area (Å²) < 4.78 is 27.4. The highest BCUT2D eigenvalue weighted by Gasteiger charge is 2.08. The molecule has 0 heterocycles. The lowest BCUT2D eigenvalue weighted by molar-refractivity contribution is 0.100. The van der Waals surface area contributed by atoms with Gasteiger partial charge >= 0.3 is 0 Å². The van der Waals surface area contributed by atoms with E-state index in [1.165, 1.54) is 13.2 Å². The van der Waals surface area contributed by atoms with E-state index in [0.29, 0.717) is 16.7 Å². The molecule has 0 radical (unpaired) electrons. The van der Waals surface area contributed by atoms with Gasteiger partial charge in [-0.25, -0.2) is 0 Å². The van der Waals surface area contributed by atoms with E-state index in [-0.39, 0.29) is 10.6 Å². The lowest BCUT2D eigenvalue weighted by Crippen LogP contribution is -2.10. The predicted molar refractivity (Wildman–Crippen MR) is 74.1 cm³/mol. The smallest absolute Gasteiger partial charge is 0.248 e. The molecule has 0 aliphatic heterocycles. The van der Waals surface area contributed by atoms with E-state index in [1.54, 1.807) is 36.4 Å². The van der Waals surface area contributed by atoms with Gasteiger partial charge < -0.3 is 15.0 Å². The largest absolute Gasteiger partial charge is 0.768 e. The van der Waals surface area contributed by atoms with Gasteiger partial charge in [0.15, 0.2) is 0 Å². The lowest BCUT2D eigenvalue weighted by atomic mass is 10.0. The fraction of sp³-hybridized carbons (Fsp3) is 0.0714. The van der Waals surface area contributed by atoms with E-state index in [9.17, 15) is 13.6 Å². The summed E-state index contributed by atoms with van der Waals surface area (Å²) >= 11 is -2.41. The second-order valence-electron chi connectivity index (χ2n) is 4.05. The SMILES string of the molecule is COc1ccc(-c2cccc(C(N)=O)c2)cc1S(=O)[O-]. The number of hydrogen-bond donors (Lipinski definition) is 1. The van der Waals surface area contributed by atoms with Crippen LogP contribution in [0.15, 0.2) is 47.4 Å². The first-order valence-corrected chi connectivity index (χ1v) is 6.78. The Labute approximate surface area is 118 Å². The maximum atomic E-state index is 11.2.